The van der Waals surface area contributed by atoms with E-state index in [4.69, 9.17) is 32.0 Å². The van der Waals surface area contributed by atoms with Gasteiger partial charge in [-0.2, -0.15) is 30.0 Å². The zero-order valence-corrected chi connectivity index (χ0v) is 24.9. The Labute approximate surface area is 265 Å². The molecule has 0 aliphatic heterocycles. The molecule has 6 aromatic carbocycles. The fraction of sp³-hybridized carbons (Fsp3) is 0.0526. The van der Waals surface area contributed by atoms with Crippen LogP contribution in [0.15, 0.2) is 158 Å². The van der Waals surface area contributed by atoms with Crippen molar-refractivity contribution in [1.82, 2.24) is 30.0 Å². The van der Waals surface area contributed by atoms with Gasteiger partial charge in [-0.1, -0.05) is 133 Å². The van der Waals surface area contributed by atoms with Crippen molar-refractivity contribution >= 4 is 33.7 Å². The van der Waals surface area contributed by atoms with Crippen molar-refractivity contribution in [3.63, 3.8) is 0 Å². The van der Waals surface area contributed by atoms with Crippen molar-refractivity contribution in [1.29, 1.82) is 0 Å². The molecule has 0 N–H and O–H groups in total. The van der Waals surface area contributed by atoms with E-state index in [1.54, 1.807) is 0 Å². The monoisotopic (exact) mass is 602 g/mol. The van der Waals surface area contributed by atoms with Crippen LogP contribution in [0.1, 0.15) is 33.9 Å². The molecular formula is C38H27ClN6. The van der Waals surface area contributed by atoms with Gasteiger partial charge in [0.25, 0.3) is 0 Å². The van der Waals surface area contributed by atoms with E-state index in [1.165, 1.54) is 0 Å². The molecule has 0 fully saturated rings. The predicted octanol–water partition coefficient (Wildman–Crippen LogP) is 8.31. The van der Waals surface area contributed by atoms with E-state index in [2.05, 4.69) is 84.9 Å². The Morgan fingerprint density at radius 2 is 0.822 bits per heavy atom. The molecule has 0 bridgehead atoms. The molecule has 2 aromatic heterocycles. The first-order valence-corrected chi connectivity index (χ1v) is 15.2. The number of aromatic nitrogens is 6. The Morgan fingerprint density at radius 1 is 0.422 bits per heavy atom. The lowest BCUT2D eigenvalue weighted by Gasteiger charge is -2.35. The zero-order valence-electron chi connectivity index (χ0n) is 24.1. The van der Waals surface area contributed by atoms with Crippen molar-refractivity contribution in [3.8, 4) is 0 Å². The maximum Gasteiger partial charge on any atom is 0.157 e. The number of hydrogen-bond acceptors (Lipinski definition) is 4. The summed E-state index contributed by atoms with van der Waals surface area (Å²) < 4.78 is 0. The summed E-state index contributed by atoms with van der Waals surface area (Å²) in [6.45, 7) is 0. The second-order valence-corrected chi connectivity index (χ2v) is 11.4. The molecule has 2 atom stereocenters. The lowest BCUT2D eigenvalue weighted by Crippen LogP contribution is -2.39. The van der Waals surface area contributed by atoms with E-state index in [-0.39, 0.29) is 6.04 Å². The summed E-state index contributed by atoms with van der Waals surface area (Å²) in [6.07, 6.45) is 0. The minimum Gasteiger partial charge on any atom is -0.172 e. The summed E-state index contributed by atoms with van der Waals surface area (Å²) in [5.74, 6) is 0. The standard InChI is InChI=1S/C38H27ClN6/c39-32-25-23-31(24-26-32)38(29-13-5-2-6-14-29,45-42-35-17-9-10-18-36(35)43-45)30-21-19-28(20-22-30)37(27-11-3-1-4-12-27)44-40-33-15-7-8-16-34(33)41-44/h1-26,37H. The third-order valence-corrected chi connectivity index (χ3v) is 8.58. The highest BCUT2D eigenvalue weighted by Crippen LogP contribution is 2.41. The van der Waals surface area contributed by atoms with Crippen molar-refractivity contribution < 1.29 is 0 Å². The van der Waals surface area contributed by atoms with E-state index in [0.717, 1.165) is 49.9 Å². The van der Waals surface area contributed by atoms with Gasteiger partial charge in [-0.15, -0.1) is 0 Å². The Bertz CT molecular complexity index is 2160. The highest BCUT2D eigenvalue weighted by Gasteiger charge is 2.41. The van der Waals surface area contributed by atoms with Crippen molar-refractivity contribution in [2.45, 2.75) is 11.6 Å². The maximum atomic E-state index is 6.41. The Kier molecular flexibility index (Phi) is 6.69. The van der Waals surface area contributed by atoms with Crippen LogP contribution in [0.4, 0.5) is 0 Å². The SMILES string of the molecule is Clc1ccc(C(c2ccccc2)(c2ccc(C(c3ccccc3)n3nc4ccccc4n3)cc2)n2nc3ccccc3n2)cc1. The molecule has 0 saturated heterocycles. The predicted molar refractivity (Wildman–Crippen MR) is 178 cm³/mol. The molecule has 0 saturated carbocycles. The van der Waals surface area contributed by atoms with Crippen LogP contribution in [0.2, 0.25) is 5.02 Å². The third kappa shape index (κ3) is 4.67. The van der Waals surface area contributed by atoms with Gasteiger partial charge in [0.15, 0.2) is 5.54 Å². The molecule has 7 heteroatoms. The number of halogens is 1. The fourth-order valence-corrected chi connectivity index (χ4v) is 6.35. The zero-order chi connectivity index (χ0) is 30.2. The van der Waals surface area contributed by atoms with E-state index >= 15 is 0 Å². The summed E-state index contributed by atoms with van der Waals surface area (Å²) in [6, 6.07) is 53.1. The first kappa shape index (κ1) is 27.0. The second-order valence-electron chi connectivity index (χ2n) is 11.0. The van der Waals surface area contributed by atoms with Crippen LogP contribution in [0.3, 0.4) is 0 Å². The molecule has 2 heterocycles. The topological polar surface area (TPSA) is 61.4 Å². The molecule has 0 spiro atoms. The number of rotatable bonds is 7. The number of fused-ring (bicyclic) bond motifs is 2. The molecule has 8 rings (SSSR count). The van der Waals surface area contributed by atoms with Crippen LogP contribution in [-0.4, -0.2) is 30.0 Å². The van der Waals surface area contributed by atoms with Gasteiger partial charge in [-0.3, -0.25) is 0 Å². The van der Waals surface area contributed by atoms with E-state index < -0.39 is 5.54 Å². The average molecular weight is 603 g/mol. The fourth-order valence-electron chi connectivity index (χ4n) is 6.22. The summed E-state index contributed by atoms with van der Waals surface area (Å²) in [5.41, 5.74) is 7.66. The number of nitrogens with zero attached hydrogens (tertiary/aromatic N) is 6. The molecule has 8 aromatic rings. The smallest absolute Gasteiger partial charge is 0.157 e. The normalized spacial score (nSPS) is 13.5. The minimum atomic E-state index is -0.885. The molecule has 0 amide bonds. The molecule has 6 nitrogen and oxygen atoms in total. The van der Waals surface area contributed by atoms with Gasteiger partial charge < -0.3 is 0 Å². The third-order valence-electron chi connectivity index (χ3n) is 8.33. The summed E-state index contributed by atoms with van der Waals surface area (Å²) in [4.78, 5) is 3.67. The van der Waals surface area contributed by atoms with Crippen molar-refractivity contribution in [3.05, 3.63) is 191 Å². The maximum absolute atomic E-state index is 6.41. The van der Waals surface area contributed by atoms with E-state index in [0.29, 0.717) is 5.02 Å². The van der Waals surface area contributed by atoms with Crippen molar-refractivity contribution in [2.75, 3.05) is 0 Å². The van der Waals surface area contributed by atoms with Crippen LogP contribution in [0, 0.1) is 0 Å². The van der Waals surface area contributed by atoms with Crippen LogP contribution in [0.5, 0.6) is 0 Å². The lowest BCUT2D eigenvalue weighted by atomic mass is 9.77. The highest BCUT2D eigenvalue weighted by atomic mass is 35.5. The van der Waals surface area contributed by atoms with Gasteiger partial charge in [0, 0.05) is 5.02 Å². The Morgan fingerprint density at radius 3 is 1.36 bits per heavy atom. The number of hydrogen-bond donors (Lipinski definition) is 0. The summed E-state index contributed by atoms with van der Waals surface area (Å²) >= 11 is 6.41. The molecule has 0 radical (unpaired) electrons. The second kappa shape index (κ2) is 11.2. The average Bonchev–Trinajstić information content (AvgIpc) is 3.72. The number of benzene rings is 6. The highest BCUT2D eigenvalue weighted by molar-refractivity contribution is 6.30. The summed E-state index contributed by atoms with van der Waals surface area (Å²) in [5, 5.41) is 20.6. The lowest BCUT2D eigenvalue weighted by molar-refractivity contribution is 0.409. The van der Waals surface area contributed by atoms with E-state index in [1.807, 2.05) is 82.4 Å². The van der Waals surface area contributed by atoms with Crippen LogP contribution < -0.4 is 0 Å². The van der Waals surface area contributed by atoms with Crippen LogP contribution >= 0.6 is 11.6 Å². The van der Waals surface area contributed by atoms with Gasteiger partial charge in [-0.25, -0.2) is 0 Å². The van der Waals surface area contributed by atoms with Gasteiger partial charge in [0.05, 0.1) is 0 Å². The first-order chi connectivity index (χ1) is 22.2. The Hall–Kier alpha value is -5.59. The van der Waals surface area contributed by atoms with E-state index in [9.17, 15) is 0 Å². The molecule has 2 unspecified atom stereocenters. The molecule has 0 aliphatic carbocycles. The van der Waals surface area contributed by atoms with Crippen molar-refractivity contribution in [2.24, 2.45) is 0 Å². The van der Waals surface area contributed by atoms with Crippen LogP contribution in [-0.2, 0) is 5.54 Å². The van der Waals surface area contributed by atoms with Gasteiger partial charge >= 0.3 is 0 Å². The molecule has 45 heavy (non-hydrogen) atoms. The molecule has 216 valence electrons. The first-order valence-electron chi connectivity index (χ1n) is 14.8. The summed E-state index contributed by atoms with van der Waals surface area (Å²) in [7, 11) is 0. The van der Waals surface area contributed by atoms with Gasteiger partial charge in [0.1, 0.15) is 28.1 Å². The molecular weight excluding hydrogens is 576 g/mol. The van der Waals surface area contributed by atoms with Gasteiger partial charge in [0.2, 0.25) is 0 Å². The molecule has 0 aliphatic rings. The quantitative estimate of drug-likeness (QED) is 0.172. The largest absolute Gasteiger partial charge is 0.172 e. The minimum absolute atomic E-state index is 0.222. The van der Waals surface area contributed by atoms with Gasteiger partial charge in [-0.05, 0) is 64.2 Å². The Balaban J connectivity index is 1.35. The van der Waals surface area contributed by atoms with Crippen LogP contribution in [0.25, 0.3) is 22.1 Å².